The smallest absolute Gasteiger partial charge is 0.338 e. The molecule has 0 aliphatic heterocycles. The number of carboxylic acid groups (broad SMARTS) is 1. The van der Waals surface area contributed by atoms with Gasteiger partial charge in [0.25, 0.3) is 35.4 Å². The number of hydrogen-bond donors (Lipinski definition) is 7. The number of halogens is 6. The molecule has 28 heteroatoms. The summed E-state index contributed by atoms with van der Waals surface area (Å²) in [6, 6.07) is 27.5. The predicted molar refractivity (Wildman–Crippen MR) is 338 cm³/mol. The Morgan fingerprint density at radius 3 is 1.37 bits per heavy atom. The number of carbonyl (C=O) groups is 8. The molecular formula is C67H52Cl2F4N12O10. The molecule has 7 N–H and O–H groups in total. The predicted octanol–water partition coefficient (Wildman–Crippen LogP) is 10.6. The maximum atomic E-state index is 13.9. The maximum absolute atomic E-state index is 13.9. The molecule has 2 aliphatic rings. The summed E-state index contributed by atoms with van der Waals surface area (Å²) in [7, 11) is 1.31. The molecule has 6 aromatic carbocycles. The summed E-state index contributed by atoms with van der Waals surface area (Å²) in [5.41, 5.74) is 5.86. The summed E-state index contributed by atoms with van der Waals surface area (Å²) in [4.78, 5) is 113. The quantitative estimate of drug-likeness (QED) is 0.0350. The van der Waals surface area contributed by atoms with E-state index in [9.17, 15) is 61.0 Å². The lowest BCUT2D eigenvalue weighted by Gasteiger charge is -2.16. The molecule has 0 saturated heterocycles. The summed E-state index contributed by atoms with van der Waals surface area (Å²) in [6.45, 7) is 3.20. The van der Waals surface area contributed by atoms with Gasteiger partial charge >= 0.3 is 11.9 Å². The minimum atomic E-state index is -1.08. The number of esters is 1. The van der Waals surface area contributed by atoms with E-state index < -0.39 is 82.7 Å². The normalized spacial score (nSPS) is 13.6. The number of aromatic nitrogens is 6. The fraction of sp³-hybridized carbons (Fsp3) is 0.164. The van der Waals surface area contributed by atoms with E-state index >= 15 is 0 Å². The van der Waals surface area contributed by atoms with Crippen LogP contribution in [-0.4, -0.2) is 88.8 Å². The van der Waals surface area contributed by atoms with Crippen molar-refractivity contribution in [3.8, 4) is 0 Å². The van der Waals surface area contributed by atoms with Gasteiger partial charge in [0.05, 0.1) is 42.7 Å². The van der Waals surface area contributed by atoms with Crippen LogP contribution in [0.5, 0.6) is 0 Å². The summed E-state index contributed by atoms with van der Waals surface area (Å²) < 4.78 is 61.4. The van der Waals surface area contributed by atoms with Crippen LogP contribution in [0.3, 0.4) is 0 Å². The van der Waals surface area contributed by atoms with Gasteiger partial charge in [0.15, 0.2) is 34.6 Å². The molecule has 22 nitrogen and oxygen atoms in total. The van der Waals surface area contributed by atoms with Gasteiger partial charge in [-0.1, -0.05) is 59.6 Å². The Bertz CT molecular complexity index is 4850. The SMILES string of the molecule is COC(=O)c1ccc2c(c1C)CC[C@@H]2NC(=O)c1cc(C(=O)NCc2ccc(F)c(F)c2)nc2c(C(=O)Nc3cccc(Cl)c3)cnn12.Cc1c(C(=O)O)ccc2c1CC[C@@H]2NC(=O)c1cc(C(=O)NCc2ccc(F)c(F)c2)nc2c(C(=O)Nc3cccc(Cl)c3)cnn12. The molecule has 95 heavy (non-hydrogen) atoms. The highest BCUT2D eigenvalue weighted by atomic mass is 35.5. The zero-order valence-corrected chi connectivity index (χ0v) is 51.7. The van der Waals surface area contributed by atoms with Crippen LogP contribution in [0.15, 0.2) is 134 Å². The van der Waals surface area contributed by atoms with E-state index in [0.717, 1.165) is 61.1 Å². The van der Waals surface area contributed by atoms with Crippen molar-refractivity contribution in [1.82, 2.24) is 50.5 Å². The van der Waals surface area contributed by atoms with Crippen molar-refractivity contribution in [3.63, 3.8) is 0 Å². The third kappa shape index (κ3) is 13.9. The third-order valence-electron chi connectivity index (χ3n) is 16.0. The monoisotopic (exact) mass is 1330 g/mol. The number of ether oxygens (including phenoxy) is 1. The molecule has 0 radical (unpaired) electrons. The number of hydrogen-bond acceptors (Lipinski definition) is 13. The first-order chi connectivity index (χ1) is 45.5. The van der Waals surface area contributed by atoms with E-state index in [1.807, 2.05) is 6.92 Å². The Morgan fingerprint density at radius 2 is 0.958 bits per heavy atom. The molecule has 4 heterocycles. The second-order valence-electron chi connectivity index (χ2n) is 22.0. The first-order valence-corrected chi connectivity index (χ1v) is 29.8. The number of amides is 6. The number of carboxylic acids is 1. The first-order valence-electron chi connectivity index (χ1n) is 29.1. The van der Waals surface area contributed by atoms with Crippen LogP contribution in [0.2, 0.25) is 10.0 Å². The number of carbonyl (C=O) groups excluding carboxylic acids is 7. The van der Waals surface area contributed by atoms with Gasteiger partial charge in [0, 0.05) is 46.6 Å². The van der Waals surface area contributed by atoms with Crippen molar-refractivity contribution in [2.45, 2.75) is 64.7 Å². The molecule has 4 aromatic heterocycles. The lowest BCUT2D eigenvalue weighted by atomic mass is 9.98. The molecule has 0 bridgehead atoms. The summed E-state index contributed by atoms with van der Waals surface area (Å²) >= 11 is 12.1. The van der Waals surface area contributed by atoms with Crippen LogP contribution in [0.4, 0.5) is 28.9 Å². The zero-order valence-electron chi connectivity index (χ0n) is 50.2. The number of aromatic carboxylic acids is 1. The Hall–Kier alpha value is -11.4. The van der Waals surface area contributed by atoms with E-state index in [4.69, 9.17) is 27.9 Å². The Labute approximate surface area is 546 Å². The van der Waals surface area contributed by atoms with Crippen LogP contribution in [0, 0.1) is 37.1 Å². The summed E-state index contributed by atoms with van der Waals surface area (Å²) in [5, 5.41) is 35.3. The second-order valence-corrected chi connectivity index (χ2v) is 22.8. The molecule has 0 fully saturated rings. The molecule has 0 unspecified atom stereocenters. The van der Waals surface area contributed by atoms with Gasteiger partial charge in [-0.05, 0) is 157 Å². The average Bonchev–Trinajstić information content (AvgIpc) is 1.68. The number of nitrogens with zero attached hydrogens (tertiary/aromatic N) is 6. The molecular weight excluding hydrogens is 1280 g/mol. The minimum Gasteiger partial charge on any atom is -0.478 e. The van der Waals surface area contributed by atoms with Crippen LogP contribution in [-0.2, 0) is 30.7 Å². The van der Waals surface area contributed by atoms with Gasteiger partial charge in [-0.15, -0.1) is 0 Å². The molecule has 2 aliphatic carbocycles. The van der Waals surface area contributed by atoms with E-state index in [1.165, 1.54) is 55.9 Å². The van der Waals surface area contributed by atoms with Crippen LogP contribution >= 0.6 is 23.2 Å². The highest BCUT2D eigenvalue weighted by Crippen LogP contribution is 2.37. The fourth-order valence-electron chi connectivity index (χ4n) is 11.3. The fourth-order valence-corrected chi connectivity index (χ4v) is 11.6. The van der Waals surface area contributed by atoms with Crippen LogP contribution in [0.1, 0.15) is 153 Å². The Morgan fingerprint density at radius 1 is 0.526 bits per heavy atom. The number of nitrogens with one attached hydrogen (secondary N) is 6. The molecule has 0 saturated carbocycles. The summed E-state index contributed by atoms with van der Waals surface area (Å²) in [6.07, 6.45) is 4.65. The first kappa shape index (κ1) is 65.1. The number of benzene rings is 6. The lowest BCUT2D eigenvalue weighted by Crippen LogP contribution is -2.31. The zero-order chi connectivity index (χ0) is 67.5. The summed E-state index contributed by atoms with van der Waals surface area (Å²) in [5.74, 6) is -9.67. The van der Waals surface area contributed by atoms with Crippen molar-refractivity contribution >= 4 is 93.3 Å². The topological polar surface area (TPSA) is 299 Å². The standard InChI is InChI=1S/C34H27ClF2N6O5.C33H25ClF2N6O5/c1-17-21-9-11-27(23(21)8-7-22(17)34(47)48-2)42-33(46)29-14-28(32(45)38-15-18-6-10-25(36)26(37)12-18)41-30-24(16-39-43(29)30)31(44)40-20-5-3-4-19(35)13-20;1-16-20-8-10-26(22(20)7-6-21(16)33(46)47)41-32(45)28-13-27(31(44)37-14-17-5-9-24(35)25(36)11-17)40-29-23(15-38-42(28)29)30(43)39-19-4-2-3-18(34)12-19/h3-8,10,12-14,16,27H,9,11,15H2,1-2H3,(H,38,45)(H,40,44)(H,42,46);2-7,9,11-13,15,26H,8,10,14H2,1H3,(H,37,44)(H,39,43)(H,41,45)(H,46,47)/t27-;26-/m00/s1. The lowest BCUT2D eigenvalue weighted by molar-refractivity contribution is 0.0598. The van der Waals surface area contributed by atoms with Crippen molar-refractivity contribution < 1.29 is 65.8 Å². The van der Waals surface area contributed by atoms with Crippen LogP contribution < -0.4 is 31.9 Å². The minimum absolute atomic E-state index is 0.0311. The van der Waals surface area contributed by atoms with E-state index in [2.05, 4.69) is 52.1 Å². The molecule has 6 amide bonds. The van der Waals surface area contributed by atoms with Gasteiger partial charge in [0.1, 0.15) is 33.9 Å². The highest BCUT2D eigenvalue weighted by molar-refractivity contribution is 6.31. The van der Waals surface area contributed by atoms with Gasteiger partial charge < -0.3 is 41.7 Å². The van der Waals surface area contributed by atoms with Crippen LogP contribution in [0.25, 0.3) is 11.3 Å². The van der Waals surface area contributed by atoms with Crippen molar-refractivity contribution in [2.24, 2.45) is 0 Å². The van der Waals surface area contributed by atoms with E-state index in [-0.39, 0.29) is 75.0 Å². The van der Waals surface area contributed by atoms with Gasteiger partial charge in [0.2, 0.25) is 0 Å². The molecule has 2 atom stereocenters. The van der Waals surface area contributed by atoms with E-state index in [1.54, 1.807) is 67.6 Å². The van der Waals surface area contributed by atoms with Crippen molar-refractivity contribution in [3.05, 3.63) is 257 Å². The maximum Gasteiger partial charge on any atom is 0.338 e. The second kappa shape index (κ2) is 27.4. The molecule has 10 aromatic rings. The highest BCUT2D eigenvalue weighted by Gasteiger charge is 2.33. The number of fused-ring (bicyclic) bond motifs is 4. The third-order valence-corrected chi connectivity index (χ3v) is 16.5. The van der Waals surface area contributed by atoms with Gasteiger partial charge in [-0.2, -0.15) is 10.2 Å². The molecule has 12 rings (SSSR count). The van der Waals surface area contributed by atoms with E-state index in [0.29, 0.717) is 58.2 Å². The van der Waals surface area contributed by atoms with Gasteiger partial charge in [-0.25, -0.2) is 46.1 Å². The Balaban J connectivity index is 0.000000193. The number of methoxy groups -OCH3 is 1. The number of anilines is 2. The number of rotatable bonds is 16. The molecule has 0 spiro atoms. The van der Waals surface area contributed by atoms with Gasteiger partial charge in [-0.3, -0.25) is 28.8 Å². The van der Waals surface area contributed by atoms with Crippen molar-refractivity contribution in [1.29, 1.82) is 0 Å². The Kier molecular flexibility index (Phi) is 18.8. The average molecular weight is 1330 g/mol. The largest absolute Gasteiger partial charge is 0.478 e. The molecule has 482 valence electrons. The van der Waals surface area contributed by atoms with Crippen molar-refractivity contribution in [2.75, 3.05) is 17.7 Å².